The molecule has 140 valence electrons. The Morgan fingerprint density at radius 1 is 0.929 bits per heavy atom. The lowest BCUT2D eigenvalue weighted by atomic mass is 10.2. The van der Waals surface area contributed by atoms with Crippen molar-refractivity contribution in [2.24, 2.45) is 15.3 Å². The lowest BCUT2D eigenvalue weighted by Gasteiger charge is -1.99. The lowest BCUT2D eigenvalue weighted by Crippen LogP contribution is -2.08. The van der Waals surface area contributed by atoms with Gasteiger partial charge in [0.25, 0.3) is 4.80 Å². The number of rotatable bonds is 3. The molecule has 2 aromatic heterocycles. The maximum Gasteiger partial charge on any atom is 0.250 e. The minimum atomic E-state index is -0.188. The third-order valence-corrected chi connectivity index (χ3v) is 5.03. The van der Waals surface area contributed by atoms with E-state index in [1.54, 1.807) is 55.5 Å². The number of hydrogen-bond acceptors (Lipinski definition) is 8. The van der Waals surface area contributed by atoms with E-state index in [2.05, 4.69) is 25.5 Å². The van der Waals surface area contributed by atoms with Crippen LogP contribution in [-0.4, -0.2) is 25.1 Å². The first-order valence-electron chi connectivity index (χ1n) is 8.11. The number of halogens is 1. The highest BCUT2D eigenvalue weighted by Crippen LogP contribution is 2.35. The Hall–Kier alpha value is -3.30. The molecular formula is C18H13ClN6O2S. The van der Waals surface area contributed by atoms with Crippen molar-refractivity contribution in [2.45, 2.75) is 6.92 Å². The summed E-state index contributed by atoms with van der Waals surface area (Å²) in [6.07, 6.45) is 0. The zero-order valence-electron chi connectivity index (χ0n) is 14.5. The van der Waals surface area contributed by atoms with Crippen LogP contribution >= 0.6 is 22.9 Å². The fourth-order valence-electron chi connectivity index (χ4n) is 2.47. The average molecular weight is 413 g/mol. The van der Waals surface area contributed by atoms with Crippen LogP contribution in [0.2, 0.25) is 5.02 Å². The van der Waals surface area contributed by atoms with Crippen LogP contribution in [0.5, 0.6) is 11.8 Å². The molecule has 10 heteroatoms. The van der Waals surface area contributed by atoms with Gasteiger partial charge < -0.3 is 10.2 Å². The molecular weight excluding hydrogens is 400 g/mol. The summed E-state index contributed by atoms with van der Waals surface area (Å²) in [5.74, 6) is -0.376. The van der Waals surface area contributed by atoms with Gasteiger partial charge in [0.2, 0.25) is 11.8 Å². The first-order chi connectivity index (χ1) is 13.5. The summed E-state index contributed by atoms with van der Waals surface area (Å²) in [6, 6.07) is 13.8. The molecule has 0 amide bonds. The van der Waals surface area contributed by atoms with Crippen LogP contribution in [0.4, 0.5) is 10.7 Å². The van der Waals surface area contributed by atoms with Gasteiger partial charge in [-0.05, 0) is 43.3 Å². The lowest BCUT2D eigenvalue weighted by molar-refractivity contribution is 0.384. The van der Waals surface area contributed by atoms with Crippen LogP contribution in [0.1, 0.15) is 5.69 Å². The molecule has 0 spiro atoms. The molecule has 0 bridgehead atoms. The molecule has 0 aliphatic rings. The zero-order chi connectivity index (χ0) is 19.7. The molecule has 0 radical (unpaired) electrons. The summed E-state index contributed by atoms with van der Waals surface area (Å²) in [5.41, 5.74) is 1.21. The Balaban J connectivity index is 1.76. The largest absolute Gasteiger partial charge is 0.493 e. The molecule has 2 aromatic carbocycles. The SMILES string of the molecule is Cc1nn/c(=N\n2c(O)c3ccccc3c2O)sc1N=Nc1ccc(Cl)cc1. The van der Waals surface area contributed by atoms with E-state index < -0.39 is 0 Å². The second-order valence-corrected chi connectivity index (χ2v) is 7.15. The Kier molecular flexibility index (Phi) is 4.76. The minimum Gasteiger partial charge on any atom is -0.493 e. The van der Waals surface area contributed by atoms with Crippen molar-refractivity contribution in [1.82, 2.24) is 14.9 Å². The van der Waals surface area contributed by atoms with Gasteiger partial charge in [-0.25, -0.2) is 0 Å². The van der Waals surface area contributed by atoms with E-state index in [4.69, 9.17) is 11.6 Å². The first-order valence-corrected chi connectivity index (χ1v) is 9.30. The van der Waals surface area contributed by atoms with E-state index >= 15 is 0 Å². The molecule has 2 N–H and O–H groups in total. The van der Waals surface area contributed by atoms with E-state index in [1.165, 1.54) is 0 Å². The molecule has 28 heavy (non-hydrogen) atoms. The highest BCUT2D eigenvalue weighted by molar-refractivity contribution is 7.12. The fraction of sp³-hybridized carbons (Fsp3) is 0.0556. The van der Waals surface area contributed by atoms with Crippen LogP contribution in [0.3, 0.4) is 0 Å². The first kappa shape index (κ1) is 18.1. The normalized spacial score (nSPS) is 12.3. The van der Waals surface area contributed by atoms with Gasteiger partial charge in [0, 0.05) is 15.8 Å². The number of aromatic hydroxyl groups is 2. The molecule has 0 saturated carbocycles. The fourth-order valence-corrected chi connectivity index (χ4v) is 3.24. The third-order valence-electron chi connectivity index (χ3n) is 3.86. The third kappa shape index (κ3) is 3.45. The van der Waals surface area contributed by atoms with E-state index in [-0.39, 0.29) is 16.6 Å². The van der Waals surface area contributed by atoms with Gasteiger partial charge in [-0.1, -0.05) is 35.1 Å². The van der Waals surface area contributed by atoms with E-state index in [0.29, 0.717) is 32.2 Å². The second kappa shape index (κ2) is 7.37. The smallest absolute Gasteiger partial charge is 0.250 e. The molecule has 0 aliphatic carbocycles. The van der Waals surface area contributed by atoms with Crippen molar-refractivity contribution in [2.75, 3.05) is 0 Å². The van der Waals surface area contributed by atoms with Crippen LogP contribution in [0.25, 0.3) is 10.8 Å². The number of aromatic nitrogens is 3. The Bertz CT molecular complexity index is 1220. The molecule has 0 fully saturated rings. The van der Waals surface area contributed by atoms with Crippen molar-refractivity contribution < 1.29 is 10.2 Å². The highest BCUT2D eigenvalue weighted by Gasteiger charge is 2.15. The van der Waals surface area contributed by atoms with Crippen molar-refractivity contribution >= 4 is 44.4 Å². The van der Waals surface area contributed by atoms with Crippen LogP contribution in [0, 0.1) is 6.92 Å². The van der Waals surface area contributed by atoms with Crippen molar-refractivity contribution in [3.63, 3.8) is 0 Å². The molecule has 4 aromatic rings. The molecule has 0 unspecified atom stereocenters. The summed E-state index contributed by atoms with van der Waals surface area (Å²) >= 11 is 6.99. The number of azo groups is 1. The van der Waals surface area contributed by atoms with E-state index in [9.17, 15) is 10.2 Å². The predicted octanol–water partition coefficient (Wildman–Crippen LogP) is 4.65. The predicted molar refractivity (Wildman–Crippen MR) is 107 cm³/mol. The van der Waals surface area contributed by atoms with Gasteiger partial charge in [0.05, 0.1) is 11.4 Å². The maximum absolute atomic E-state index is 10.3. The molecule has 8 nitrogen and oxygen atoms in total. The standard InChI is InChI=1S/C18H13ClN6O2S/c1-10-15(22-21-12-8-6-11(19)7-9-12)28-18(23-20-10)24-25-16(26)13-4-2-3-5-14(13)17(25)27/h2-9,26-27H,1H3/b22-21?,24-18+. The molecule has 2 heterocycles. The monoisotopic (exact) mass is 412 g/mol. The van der Waals surface area contributed by atoms with Crippen molar-refractivity contribution in [3.8, 4) is 11.8 Å². The summed E-state index contributed by atoms with van der Waals surface area (Å²) in [7, 11) is 0. The Labute approximate surface area is 167 Å². The molecule has 4 rings (SSSR count). The highest BCUT2D eigenvalue weighted by atomic mass is 35.5. The van der Waals surface area contributed by atoms with Gasteiger partial charge in [0.1, 0.15) is 0 Å². The van der Waals surface area contributed by atoms with Crippen LogP contribution in [-0.2, 0) is 0 Å². The van der Waals surface area contributed by atoms with Crippen molar-refractivity contribution in [3.05, 3.63) is 64.0 Å². The quantitative estimate of drug-likeness (QED) is 0.477. The molecule has 0 aliphatic heterocycles. The van der Waals surface area contributed by atoms with Crippen LogP contribution < -0.4 is 4.80 Å². The van der Waals surface area contributed by atoms with E-state index in [0.717, 1.165) is 16.0 Å². The topological polar surface area (TPSA) is 108 Å². The minimum absolute atomic E-state index is 0.188. The van der Waals surface area contributed by atoms with Gasteiger partial charge in [-0.2, -0.15) is 4.68 Å². The van der Waals surface area contributed by atoms with Crippen LogP contribution in [0.15, 0.2) is 63.9 Å². The summed E-state index contributed by atoms with van der Waals surface area (Å²) in [4.78, 5) is 0.196. The summed E-state index contributed by atoms with van der Waals surface area (Å²) < 4.78 is 1.01. The number of fused-ring (bicyclic) bond motifs is 1. The molecule has 0 saturated heterocycles. The van der Waals surface area contributed by atoms with Crippen molar-refractivity contribution in [1.29, 1.82) is 0 Å². The van der Waals surface area contributed by atoms with Gasteiger partial charge in [-0.3, -0.25) is 0 Å². The van der Waals surface area contributed by atoms with E-state index in [1.807, 2.05) is 0 Å². The average Bonchev–Trinajstić information content (AvgIpc) is 2.95. The summed E-state index contributed by atoms with van der Waals surface area (Å²) in [6.45, 7) is 1.75. The Morgan fingerprint density at radius 3 is 2.21 bits per heavy atom. The maximum atomic E-state index is 10.3. The zero-order valence-corrected chi connectivity index (χ0v) is 16.1. The van der Waals surface area contributed by atoms with Gasteiger partial charge in [-0.15, -0.1) is 25.5 Å². The van der Waals surface area contributed by atoms with Gasteiger partial charge >= 0.3 is 0 Å². The Morgan fingerprint density at radius 2 is 1.57 bits per heavy atom. The number of benzene rings is 2. The molecule has 0 atom stereocenters. The number of nitrogens with zero attached hydrogens (tertiary/aromatic N) is 6. The number of aryl methyl sites for hydroxylation is 1. The second-order valence-electron chi connectivity index (χ2n) is 5.76. The van der Waals surface area contributed by atoms with Gasteiger partial charge in [0.15, 0.2) is 5.00 Å². The number of hydrogen-bond donors (Lipinski definition) is 2. The summed E-state index contributed by atoms with van der Waals surface area (Å²) in [5, 5.41) is 43.3.